The van der Waals surface area contributed by atoms with Crippen LogP contribution in [-0.2, 0) is 0 Å². The van der Waals surface area contributed by atoms with Gasteiger partial charge in [-0.05, 0) is 50.9 Å². The Kier molecular flexibility index (Phi) is 10.2. The van der Waals surface area contributed by atoms with Crippen LogP contribution in [0.1, 0.15) is 0 Å². The molecule has 0 spiro atoms. The van der Waals surface area contributed by atoms with E-state index in [-0.39, 0.29) is 0 Å². The summed E-state index contributed by atoms with van der Waals surface area (Å²) in [6.45, 7) is 0. The van der Waals surface area contributed by atoms with E-state index in [9.17, 15) is 0 Å². The summed E-state index contributed by atoms with van der Waals surface area (Å²) < 4.78 is 2.20. The Morgan fingerprint density at radius 3 is 1.31 bits per heavy atom. The maximum atomic E-state index is 5.55. The first-order valence-corrected chi connectivity index (χ1v) is 22.7. The van der Waals surface area contributed by atoms with Gasteiger partial charge in [-0.1, -0.05) is 243 Å². The van der Waals surface area contributed by atoms with E-state index in [1.54, 1.807) is 0 Å². The fourth-order valence-corrected chi connectivity index (χ4v) is 9.41. The van der Waals surface area contributed by atoms with Crippen molar-refractivity contribution in [3.63, 3.8) is 0 Å². The molecule has 0 radical (unpaired) electrons. The minimum atomic E-state index is 0.692. The van der Waals surface area contributed by atoms with Crippen LogP contribution < -0.4 is 0 Å². The molecule has 0 aliphatic rings. The van der Waals surface area contributed by atoms with Crippen LogP contribution in [0.4, 0.5) is 0 Å². The maximum Gasteiger partial charge on any atom is 0.160 e. The zero-order valence-corrected chi connectivity index (χ0v) is 36.5. The van der Waals surface area contributed by atoms with Gasteiger partial charge in [-0.15, -0.1) is 0 Å². The Morgan fingerprint density at radius 2 is 0.687 bits per heavy atom. The minimum Gasteiger partial charge on any atom is -0.231 e. The average Bonchev–Trinajstić information content (AvgIpc) is 3.83. The molecule has 0 aliphatic carbocycles. The van der Waals surface area contributed by atoms with Crippen molar-refractivity contribution in [1.29, 1.82) is 0 Å². The first-order valence-electron chi connectivity index (χ1n) is 22.7. The van der Waals surface area contributed by atoms with Crippen molar-refractivity contribution < 1.29 is 0 Å². The van der Waals surface area contributed by atoms with Crippen molar-refractivity contribution in [3.8, 4) is 101 Å². The number of rotatable bonds is 9. The topological polar surface area (TPSA) is 43.1 Å². The molecule has 0 unspecified atom stereocenters. The van der Waals surface area contributed by atoms with Crippen LogP contribution in [0.3, 0.4) is 0 Å². The molecule has 0 fully saturated rings. The molecule has 9 aromatic carbocycles. The largest absolute Gasteiger partial charge is 0.231 e. The lowest BCUT2D eigenvalue weighted by Crippen LogP contribution is -2.00. The van der Waals surface area contributed by atoms with Crippen LogP contribution in [0, 0.1) is 0 Å². The van der Waals surface area contributed by atoms with Crippen molar-refractivity contribution in [2.24, 2.45) is 0 Å². The van der Waals surface area contributed by atoms with Crippen LogP contribution >= 0.6 is 0 Å². The third-order valence-corrected chi connectivity index (χ3v) is 12.7. The molecule has 0 atom stereocenters. The number of hydrogen-bond acceptors (Lipinski definition) is 3. The van der Waals surface area contributed by atoms with E-state index < -0.39 is 0 Å². The molecule has 3 aromatic heterocycles. The molecule has 0 saturated heterocycles. The van der Waals surface area contributed by atoms with Gasteiger partial charge in [-0.2, -0.15) is 5.10 Å². The summed E-state index contributed by atoms with van der Waals surface area (Å²) in [5.74, 6) is 0.692. The van der Waals surface area contributed by atoms with Crippen LogP contribution in [0.25, 0.3) is 117 Å². The fourth-order valence-electron chi connectivity index (χ4n) is 9.41. The van der Waals surface area contributed by atoms with Crippen molar-refractivity contribution >= 4 is 16.3 Å². The van der Waals surface area contributed by atoms with Crippen molar-refractivity contribution in [1.82, 2.24) is 19.6 Å². The Morgan fingerprint density at radius 1 is 0.269 bits per heavy atom. The van der Waals surface area contributed by atoms with E-state index >= 15 is 0 Å². The molecule has 12 aromatic rings. The van der Waals surface area contributed by atoms with Crippen molar-refractivity contribution in [2.45, 2.75) is 0 Å². The zero-order chi connectivity index (χ0) is 44.5. The molecular weight excluding hydrogens is 813 g/mol. The van der Waals surface area contributed by atoms with E-state index in [2.05, 4.69) is 235 Å². The van der Waals surface area contributed by atoms with E-state index in [1.807, 2.05) is 24.3 Å². The van der Waals surface area contributed by atoms with Crippen LogP contribution in [0.15, 0.2) is 255 Å². The number of hydrogen-bond donors (Lipinski definition) is 0. The van der Waals surface area contributed by atoms with Crippen LogP contribution in [0.5, 0.6) is 0 Å². The Hall–Kier alpha value is -8.99. The maximum absolute atomic E-state index is 5.55. The molecule has 0 N–H and O–H groups in total. The number of benzene rings is 9. The van der Waals surface area contributed by atoms with E-state index in [4.69, 9.17) is 15.1 Å². The molecule has 0 saturated carbocycles. The summed E-state index contributed by atoms with van der Waals surface area (Å²) >= 11 is 0. The minimum absolute atomic E-state index is 0.692. The first kappa shape index (κ1) is 39.6. The number of aromatic nitrogens is 4. The van der Waals surface area contributed by atoms with E-state index in [0.29, 0.717) is 5.82 Å². The van der Waals surface area contributed by atoms with Gasteiger partial charge in [0.15, 0.2) is 5.82 Å². The molecule has 12 rings (SSSR count). The van der Waals surface area contributed by atoms with E-state index in [0.717, 1.165) is 94.9 Å². The van der Waals surface area contributed by atoms with Crippen LogP contribution in [0.2, 0.25) is 0 Å². The van der Waals surface area contributed by atoms with Gasteiger partial charge < -0.3 is 0 Å². The predicted octanol–water partition coefficient (Wildman–Crippen LogP) is 16.3. The molecule has 4 heteroatoms. The highest BCUT2D eigenvalue weighted by molar-refractivity contribution is 6.15. The summed E-state index contributed by atoms with van der Waals surface area (Å²) in [4.78, 5) is 10.3. The summed E-state index contributed by atoms with van der Waals surface area (Å²) in [7, 11) is 0. The van der Waals surface area contributed by atoms with Crippen molar-refractivity contribution in [3.05, 3.63) is 255 Å². The summed E-state index contributed by atoms with van der Waals surface area (Å²) in [6, 6.07) is 89.9. The quantitative estimate of drug-likeness (QED) is 0.145. The van der Waals surface area contributed by atoms with Gasteiger partial charge in [-0.3, -0.25) is 0 Å². The number of nitrogens with zero attached hydrogens (tertiary/aromatic N) is 4. The normalized spacial score (nSPS) is 11.3. The molecule has 0 aliphatic heterocycles. The molecule has 4 nitrogen and oxygen atoms in total. The Labute approximate surface area is 389 Å². The highest BCUT2D eigenvalue weighted by Gasteiger charge is 2.25. The fraction of sp³-hybridized carbons (Fsp3) is 0. The highest BCUT2D eigenvalue weighted by atomic mass is 15.2. The predicted molar refractivity (Wildman–Crippen MR) is 277 cm³/mol. The van der Waals surface area contributed by atoms with Crippen molar-refractivity contribution in [2.75, 3.05) is 0 Å². The smallest absolute Gasteiger partial charge is 0.160 e. The lowest BCUT2D eigenvalue weighted by molar-refractivity contribution is 0.981. The van der Waals surface area contributed by atoms with E-state index in [1.165, 1.54) is 16.5 Å². The molecular formula is C63H42N4. The summed E-state index contributed by atoms with van der Waals surface area (Å²) in [6.07, 6.45) is 0. The standard InChI is InChI=1S/C63H42N4/c1-6-19-43(20-7-1)44-33-37-46(38-34-44)56-42-57(65-63(64-56)51-27-14-5-15-28-51)53-30-18-29-52(41-53)45-35-39-48(40-36-45)58-54-31-16-17-32-55(54)62-59(47-21-8-2-9-22-47)60(49-23-10-3-11-24-49)66-67(62)61(58)50-25-12-4-13-26-50/h1-42H. The lowest BCUT2D eigenvalue weighted by Gasteiger charge is -2.18. The Balaban J connectivity index is 0.982. The third kappa shape index (κ3) is 7.47. The summed E-state index contributed by atoms with van der Waals surface area (Å²) in [5, 5.41) is 7.87. The van der Waals surface area contributed by atoms with Gasteiger partial charge in [0.25, 0.3) is 0 Å². The second-order valence-electron chi connectivity index (χ2n) is 16.8. The van der Waals surface area contributed by atoms with Gasteiger partial charge >= 0.3 is 0 Å². The molecule has 314 valence electrons. The van der Waals surface area contributed by atoms with Gasteiger partial charge in [0, 0.05) is 44.3 Å². The molecule has 67 heavy (non-hydrogen) atoms. The highest BCUT2D eigenvalue weighted by Crippen LogP contribution is 2.46. The third-order valence-electron chi connectivity index (χ3n) is 12.7. The molecule has 0 amide bonds. The molecule has 0 bridgehead atoms. The second kappa shape index (κ2) is 17.2. The first-order chi connectivity index (χ1) is 33.2. The number of fused-ring (bicyclic) bond motifs is 3. The Bertz CT molecular complexity index is 3680. The number of pyridine rings is 1. The monoisotopic (exact) mass is 854 g/mol. The zero-order valence-electron chi connectivity index (χ0n) is 36.5. The van der Waals surface area contributed by atoms with Gasteiger partial charge in [0.1, 0.15) is 5.69 Å². The average molecular weight is 855 g/mol. The van der Waals surface area contributed by atoms with Crippen LogP contribution in [-0.4, -0.2) is 19.6 Å². The van der Waals surface area contributed by atoms with Gasteiger partial charge in [0.2, 0.25) is 0 Å². The lowest BCUT2D eigenvalue weighted by atomic mass is 9.90. The van der Waals surface area contributed by atoms with Gasteiger partial charge in [0.05, 0.1) is 22.6 Å². The SMILES string of the molecule is c1ccc(-c2ccc(-c3cc(-c4cccc(-c5ccc(-c6c(-c7ccccc7)n7nc(-c8ccccc8)c(-c8ccccc8)c7c7ccccc67)cc5)c4)nc(-c4ccccc4)n3)cc2)cc1. The van der Waals surface area contributed by atoms with Gasteiger partial charge in [-0.25, -0.2) is 14.5 Å². The molecule has 3 heterocycles. The summed E-state index contributed by atoms with van der Waals surface area (Å²) in [5.41, 5.74) is 19.1. The second-order valence-corrected chi connectivity index (χ2v) is 16.8.